The van der Waals surface area contributed by atoms with Gasteiger partial charge in [-0.2, -0.15) is 0 Å². The Hall–Kier alpha value is -1.84. The molecule has 1 aliphatic heterocycles. The zero-order valence-electron chi connectivity index (χ0n) is 20.6. The highest BCUT2D eigenvalue weighted by Gasteiger charge is 2.17. The average Bonchev–Trinajstić information content (AvgIpc) is 2.79. The van der Waals surface area contributed by atoms with Gasteiger partial charge in [-0.15, -0.1) is 0 Å². The molecule has 1 saturated heterocycles. The Kier molecular flexibility index (Phi) is 12.0. The minimum absolute atomic E-state index is 0.0949. The average molecular weight is 483 g/mol. The van der Waals surface area contributed by atoms with Gasteiger partial charge in [0.25, 0.3) is 5.91 Å². The third kappa shape index (κ3) is 10.3. The van der Waals surface area contributed by atoms with Crippen molar-refractivity contribution in [3.8, 4) is 0 Å². The van der Waals surface area contributed by atoms with Gasteiger partial charge in [-0.25, -0.2) is 8.42 Å². The van der Waals surface area contributed by atoms with Crippen LogP contribution in [0.25, 0.3) is 0 Å². The molecule has 0 unspecified atom stereocenters. The first kappa shape index (κ1) is 27.4. The molecule has 33 heavy (non-hydrogen) atoms. The van der Waals surface area contributed by atoms with Crippen molar-refractivity contribution < 1.29 is 17.9 Å². The first-order chi connectivity index (χ1) is 15.8. The number of benzene rings is 1. The topological polar surface area (TPSA) is 91.0 Å². The summed E-state index contributed by atoms with van der Waals surface area (Å²) in [5.41, 5.74) is 1.63. The number of anilines is 2. The molecule has 0 atom stereocenters. The van der Waals surface area contributed by atoms with E-state index in [0.717, 1.165) is 64.2 Å². The van der Waals surface area contributed by atoms with Gasteiger partial charge in [0, 0.05) is 45.1 Å². The number of amides is 1. The van der Waals surface area contributed by atoms with Crippen LogP contribution in [0.1, 0.15) is 62.2 Å². The lowest BCUT2D eigenvalue weighted by atomic mass is 10.1. The Balaban J connectivity index is 1.90. The SMILES string of the molecule is CCCCCCCCS(=O)(=O)Nc1ccc(N(C)C)c(C(=O)NCCCN2CCOCC2)c1. The Morgan fingerprint density at radius 3 is 2.45 bits per heavy atom. The fourth-order valence-corrected chi connectivity index (χ4v) is 5.07. The maximum absolute atomic E-state index is 12.9. The van der Waals surface area contributed by atoms with Crippen LogP contribution in [0.15, 0.2) is 18.2 Å². The second kappa shape index (κ2) is 14.4. The molecule has 1 heterocycles. The van der Waals surface area contributed by atoms with Gasteiger partial charge < -0.3 is 15.0 Å². The van der Waals surface area contributed by atoms with Crippen molar-refractivity contribution in [2.45, 2.75) is 51.9 Å². The van der Waals surface area contributed by atoms with Gasteiger partial charge in [0.2, 0.25) is 10.0 Å². The Morgan fingerprint density at radius 1 is 1.06 bits per heavy atom. The molecular weight excluding hydrogens is 440 g/mol. The summed E-state index contributed by atoms with van der Waals surface area (Å²) in [5.74, 6) is -0.102. The van der Waals surface area contributed by atoms with Crippen LogP contribution >= 0.6 is 0 Å². The Bertz CT molecular complexity index is 824. The van der Waals surface area contributed by atoms with E-state index >= 15 is 0 Å². The number of hydrogen-bond acceptors (Lipinski definition) is 6. The maximum Gasteiger partial charge on any atom is 0.253 e. The predicted octanol–water partition coefficient (Wildman–Crippen LogP) is 3.31. The van der Waals surface area contributed by atoms with Crippen molar-refractivity contribution in [3.63, 3.8) is 0 Å². The minimum atomic E-state index is -3.45. The number of ether oxygens (including phenoxy) is 1. The highest BCUT2D eigenvalue weighted by atomic mass is 32.2. The van der Waals surface area contributed by atoms with Crippen LogP contribution in [-0.2, 0) is 14.8 Å². The number of rotatable bonds is 15. The zero-order chi connectivity index (χ0) is 24.1. The highest BCUT2D eigenvalue weighted by molar-refractivity contribution is 7.92. The molecular formula is C24H42N4O4S. The number of carbonyl (C=O) groups is 1. The number of hydrogen-bond donors (Lipinski definition) is 2. The van der Waals surface area contributed by atoms with Crippen molar-refractivity contribution in [2.24, 2.45) is 0 Å². The fourth-order valence-electron chi connectivity index (χ4n) is 3.90. The normalized spacial score (nSPS) is 14.8. The van der Waals surface area contributed by atoms with Crippen LogP contribution < -0.4 is 14.9 Å². The van der Waals surface area contributed by atoms with Gasteiger partial charge >= 0.3 is 0 Å². The van der Waals surface area contributed by atoms with Crippen LogP contribution in [0.3, 0.4) is 0 Å². The third-order valence-corrected chi connectivity index (χ3v) is 7.18. The van der Waals surface area contributed by atoms with E-state index in [2.05, 4.69) is 21.9 Å². The first-order valence-corrected chi connectivity index (χ1v) is 13.9. The van der Waals surface area contributed by atoms with E-state index in [9.17, 15) is 13.2 Å². The van der Waals surface area contributed by atoms with E-state index in [-0.39, 0.29) is 11.7 Å². The lowest BCUT2D eigenvalue weighted by Crippen LogP contribution is -2.38. The molecule has 0 radical (unpaired) electrons. The lowest BCUT2D eigenvalue weighted by molar-refractivity contribution is 0.0374. The maximum atomic E-state index is 12.9. The van der Waals surface area contributed by atoms with Crippen LogP contribution in [0.5, 0.6) is 0 Å². The smallest absolute Gasteiger partial charge is 0.253 e. The Morgan fingerprint density at radius 2 is 1.76 bits per heavy atom. The second-order valence-electron chi connectivity index (χ2n) is 8.88. The van der Waals surface area contributed by atoms with Gasteiger partial charge in [-0.05, 0) is 37.6 Å². The van der Waals surface area contributed by atoms with E-state index in [1.165, 1.54) is 12.8 Å². The van der Waals surface area contributed by atoms with Gasteiger partial charge in [-0.3, -0.25) is 14.4 Å². The van der Waals surface area contributed by atoms with Crippen LogP contribution in [0.4, 0.5) is 11.4 Å². The molecule has 1 fully saturated rings. The predicted molar refractivity (Wildman–Crippen MR) is 136 cm³/mol. The number of nitrogens with zero attached hydrogens (tertiary/aromatic N) is 2. The number of unbranched alkanes of at least 4 members (excludes halogenated alkanes) is 5. The van der Waals surface area contributed by atoms with Crippen LogP contribution in [-0.4, -0.2) is 78.5 Å². The molecule has 1 aliphatic rings. The van der Waals surface area contributed by atoms with Crippen molar-refractivity contribution in [1.29, 1.82) is 0 Å². The molecule has 0 aromatic heterocycles. The largest absolute Gasteiger partial charge is 0.379 e. The second-order valence-corrected chi connectivity index (χ2v) is 10.7. The van der Waals surface area contributed by atoms with E-state index in [4.69, 9.17) is 4.74 Å². The highest BCUT2D eigenvalue weighted by Crippen LogP contribution is 2.24. The summed E-state index contributed by atoms with van der Waals surface area (Å²) in [7, 11) is 0.289. The molecule has 9 heteroatoms. The molecule has 0 aliphatic carbocycles. The molecule has 0 bridgehead atoms. The lowest BCUT2D eigenvalue weighted by Gasteiger charge is -2.26. The molecule has 8 nitrogen and oxygen atoms in total. The summed E-state index contributed by atoms with van der Waals surface area (Å²) in [6.07, 6.45) is 7.00. The summed E-state index contributed by atoms with van der Waals surface area (Å²) < 4.78 is 33.0. The summed E-state index contributed by atoms with van der Waals surface area (Å²) in [4.78, 5) is 17.1. The van der Waals surface area contributed by atoms with E-state index < -0.39 is 10.0 Å². The van der Waals surface area contributed by atoms with Gasteiger partial charge in [0.05, 0.1) is 24.5 Å². The minimum Gasteiger partial charge on any atom is -0.379 e. The summed E-state index contributed by atoms with van der Waals surface area (Å²) in [6.45, 7) is 7.04. The van der Waals surface area contributed by atoms with E-state index in [1.807, 2.05) is 19.0 Å². The molecule has 1 aromatic rings. The van der Waals surface area contributed by atoms with Crippen molar-refractivity contribution in [1.82, 2.24) is 10.2 Å². The number of nitrogens with one attached hydrogen (secondary N) is 2. The van der Waals surface area contributed by atoms with Gasteiger partial charge in [0.1, 0.15) is 0 Å². The third-order valence-electron chi connectivity index (χ3n) is 5.80. The van der Waals surface area contributed by atoms with Crippen molar-refractivity contribution in [3.05, 3.63) is 23.8 Å². The van der Waals surface area contributed by atoms with Crippen molar-refractivity contribution >= 4 is 27.3 Å². The standard InChI is InChI=1S/C24H42N4O4S/c1-4-5-6-7-8-9-19-33(30,31)26-21-11-12-23(27(2)3)22(20-21)24(29)25-13-10-14-28-15-17-32-18-16-28/h11-12,20,26H,4-10,13-19H2,1-3H3,(H,25,29). The zero-order valence-corrected chi connectivity index (χ0v) is 21.4. The fraction of sp³-hybridized carbons (Fsp3) is 0.708. The quantitative estimate of drug-likeness (QED) is 0.373. The Labute approximate surface area is 200 Å². The van der Waals surface area contributed by atoms with Crippen molar-refractivity contribution in [2.75, 3.05) is 68.9 Å². The number of morpholine rings is 1. The van der Waals surface area contributed by atoms with Crippen LogP contribution in [0, 0.1) is 0 Å². The molecule has 1 aromatic carbocycles. The summed E-state index contributed by atoms with van der Waals surface area (Å²) in [6, 6.07) is 5.13. The van der Waals surface area contributed by atoms with Gasteiger partial charge in [-0.1, -0.05) is 39.0 Å². The molecule has 2 rings (SSSR count). The molecule has 2 N–H and O–H groups in total. The molecule has 0 spiro atoms. The summed E-state index contributed by atoms with van der Waals surface area (Å²) >= 11 is 0. The van der Waals surface area contributed by atoms with Gasteiger partial charge in [0.15, 0.2) is 0 Å². The molecule has 1 amide bonds. The monoisotopic (exact) mass is 482 g/mol. The first-order valence-electron chi connectivity index (χ1n) is 12.2. The van der Waals surface area contributed by atoms with E-state index in [0.29, 0.717) is 24.2 Å². The summed E-state index contributed by atoms with van der Waals surface area (Å²) in [5, 5.41) is 2.98. The molecule has 188 valence electrons. The van der Waals surface area contributed by atoms with E-state index in [1.54, 1.807) is 18.2 Å². The number of sulfonamides is 1. The molecule has 0 saturated carbocycles. The number of carbonyl (C=O) groups excluding carboxylic acids is 1. The van der Waals surface area contributed by atoms with Crippen LogP contribution in [0.2, 0.25) is 0 Å².